The Morgan fingerprint density at radius 1 is 1.13 bits per heavy atom. The van der Waals surface area contributed by atoms with E-state index in [9.17, 15) is 9.59 Å². The fraction of sp³-hybridized carbons (Fsp3) is 0.458. The molecule has 2 fully saturated rings. The molecule has 2 aromatic rings. The van der Waals surface area contributed by atoms with Crippen LogP contribution in [0.25, 0.3) is 0 Å². The molecule has 158 valence electrons. The topological polar surface area (TPSA) is 71.5 Å². The lowest BCUT2D eigenvalue weighted by molar-refractivity contribution is -0.0712. The van der Waals surface area contributed by atoms with Crippen molar-refractivity contribution in [2.75, 3.05) is 19.6 Å². The summed E-state index contributed by atoms with van der Waals surface area (Å²) in [5.74, 6) is -0.0703. The smallest absolute Gasteiger partial charge is 0.269 e. The van der Waals surface area contributed by atoms with Crippen LogP contribution in [0.1, 0.15) is 57.7 Å². The van der Waals surface area contributed by atoms with E-state index in [4.69, 9.17) is 4.74 Å². The molecule has 2 aliphatic rings. The maximum absolute atomic E-state index is 12.9. The summed E-state index contributed by atoms with van der Waals surface area (Å²) in [5, 5.41) is 2.93. The first-order chi connectivity index (χ1) is 14.5. The van der Waals surface area contributed by atoms with E-state index in [-0.39, 0.29) is 23.5 Å². The average molecular weight is 408 g/mol. The predicted molar refractivity (Wildman–Crippen MR) is 114 cm³/mol. The Kier molecular flexibility index (Phi) is 5.86. The van der Waals surface area contributed by atoms with Gasteiger partial charge >= 0.3 is 0 Å². The molecule has 2 aliphatic heterocycles. The number of ether oxygens (including phenoxy) is 1. The highest BCUT2D eigenvalue weighted by Gasteiger charge is 2.43. The molecule has 0 saturated carbocycles. The number of benzene rings is 1. The van der Waals surface area contributed by atoms with Gasteiger partial charge in [0.2, 0.25) is 0 Å². The molecule has 1 N–H and O–H groups in total. The zero-order valence-electron chi connectivity index (χ0n) is 17.7. The second-order valence-electron chi connectivity index (χ2n) is 8.48. The minimum absolute atomic E-state index is 0.0136. The summed E-state index contributed by atoms with van der Waals surface area (Å²) >= 11 is 0. The van der Waals surface area contributed by atoms with Gasteiger partial charge < -0.3 is 15.0 Å². The van der Waals surface area contributed by atoms with Gasteiger partial charge in [0.25, 0.3) is 11.8 Å². The molecule has 2 amide bonds. The van der Waals surface area contributed by atoms with Crippen molar-refractivity contribution < 1.29 is 14.3 Å². The second-order valence-corrected chi connectivity index (χ2v) is 8.48. The molecule has 4 rings (SSSR count). The van der Waals surface area contributed by atoms with Crippen molar-refractivity contribution in [3.63, 3.8) is 0 Å². The summed E-state index contributed by atoms with van der Waals surface area (Å²) in [7, 11) is 0. The molecule has 1 atom stereocenters. The van der Waals surface area contributed by atoms with Crippen molar-refractivity contribution in [2.45, 2.75) is 51.2 Å². The predicted octanol–water partition coefficient (Wildman–Crippen LogP) is 3.28. The van der Waals surface area contributed by atoms with Crippen LogP contribution >= 0.6 is 0 Å². The number of carbonyl (C=O) groups is 2. The van der Waals surface area contributed by atoms with Gasteiger partial charge in [-0.05, 0) is 74.9 Å². The Labute approximate surface area is 177 Å². The number of carbonyl (C=O) groups excluding carboxylic acids is 2. The fourth-order valence-electron chi connectivity index (χ4n) is 4.38. The molecule has 6 nitrogen and oxygen atoms in total. The maximum Gasteiger partial charge on any atom is 0.269 e. The average Bonchev–Trinajstić information content (AvgIpc) is 3.17. The third-order valence-electron chi connectivity index (χ3n) is 6.44. The Morgan fingerprint density at radius 2 is 1.93 bits per heavy atom. The summed E-state index contributed by atoms with van der Waals surface area (Å²) in [4.78, 5) is 31.1. The molecule has 0 aliphatic carbocycles. The minimum atomic E-state index is -0.172. The number of aryl methyl sites for hydroxylation is 2. The summed E-state index contributed by atoms with van der Waals surface area (Å²) < 4.78 is 6.37. The van der Waals surface area contributed by atoms with Crippen molar-refractivity contribution in [2.24, 2.45) is 0 Å². The molecule has 2 saturated heterocycles. The first-order valence-corrected chi connectivity index (χ1v) is 10.7. The summed E-state index contributed by atoms with van der Waals surface area (Å²) in [6.07, 6.45) is 5.21. The largest absolute Gasteiger partial charge is 0.370 e. The van der Waals surface area contributed by atoms with Crippen LogP contribution in [0.5, 0.6) is 0 Å². The molecular weight excluding hydrogens is 378 g/mol. The van der Waals surface area contributed by atoms with Crippen molar-refractivity contribution in [3.05, 3.63) is 65.0 Å². The lowest BCUT2D eigenvalue weighted by atomic mass is 9.88. The summed E-state index contributed by atoms with van der Waals surface area (Å²) in [6.45, 7) is 6.00. The van der Waals surface area contributed by atoms with Crippen LogP contribution in [0.4, 0.5) is 0 Å². The number of nitrogens with one attached hydrogen (secondary N) is 1. The zero-order valence-corrected chi connectivity index (χ0v) is 17.7. The zero-order chi connectivity index (χ0) is 21.1. The molecule has 1 aromatic heterocycles. The van der Waals surface area contributed by atoms with Gasteiger partial charge in [-0.3, -0.25) is 14.6 Å². The molecule has 0 unspecified atom stereocenters. The third kappa shape index (κ3) is 4.38. The van der Waals surface area contributed by atoms with Crippen LogP contribution in [0, 0.1) is 13.8 Å². The molecule has 6 heteroatoms. The normalized spacial score (nSPS) is 20.3. The van der Waals surface area contributed by atoms with Crippen LogP contribution in [0.15, 0.2) is 42.6 Å². The van der Waals surface area contributed by atoms with E-state index in [0.717, 1.165) is 36.8 Å². The van der Waals surface area contributed by atoms with Gasteiger partial charge in [0, 0.05) is 31.4 Å². The summed E-state index contributed by atoms with van der Waals surface area (Å²) in [6, 6.07) is 11.2. The molecule has 1 spiro atoms. The Hall–Kier alpha value is -2.73. The van der Waals surface area contributed by atoms with Gasteiger partial charge in [0.15, 0.2) is 0 Å². The Bertz CT molecular complexity index is 921. The lowest BCUT2D eigenvalue weighted by Gasteiger charge is -2.39. The second kappa shape index (κ2) is 8.56. The van der Waals surface area contributed by atoms with Gasteiger partial charge in [-0.1, -0.05) is 12.1 Å². The van der Waals surface area contributed by atoms with Gasteiger partial charge in [-0.25, -0.2) is 0 Å². The monoisotopic (exact) mass is 407 g/mol. The number of amides is 2. The highest BCUT2D eigenvalue weighted by Crippen LogP contribution is 2.39. The fourth-order valence-corrected chi connectivity index (χ4v) is 4.38. The van der Waals surface area contributed by atoms with Crippen molar-refractivity contribution in [1.82, 2.24) is 15.2 Å². The number of likely N-dealkylation sites (tertiary alicyclic amines) is 1. The van der Waals surface area contributed by atoms with Crippen LogP contribution in [0.3, 0.4) is 0 Å². The van der Waals surface area contributed by atoms with Crippen molar-refractivity contribution >= 4 is 11.8 Å². The maximum atomic E-state index is 12.9. The number of pyridine rings is 1. The quantitative estimate of drug-likeness (QED) is 0.844. The van der Waals surface area contributed by atoms with Gasteiger partial charge in [0.1, 0.15) is 5.69 Å². The van der Waals surface area contributed by atoms with Crippen LogP contribution in [-0.2, 0) is 4.74 Å². The lowest BCUT2D eigenvalue weighted by Crippen LogP contribution is -2.47. The molecule has 3 heterocycles. The van der Waals surface area contributed by atoms with E-state index >= 15 is 0 Å². The highest BCUT2D eigenvalue weighted by molar-refractivity contribution is 5.94. The number of nitrogens with zero attached hydrogens (tertiary/aromatic N) is 2. The Balaban J connectivity index is 1.28. The molecule has 0 bridgehead atoms. The van der Waals surface area contributed by atoms with E-state index < -0.39 is 0 Å². The standard InChI is InChI=1S/C24H29N3O3/c1-17-6-7-19(15-18(17)2)23(29)27-13-10-24(11-14-27)9-8-20(30-24)16-26-22(28)21-5-3-4-12-25-21/h3-7,12,15,20H,8-11,13-14,16H2,1-2H3,(H,26,28)/t20-/m1/s1. The number of hydrogen-bond donors (Lipinski definition) is 1. The van der Waals surface area contributed by atoms with Crippen LogP contribution in [0.2, 0.25) is 0 Å². The van der Waals surface area contributed by atoms with Gasteiger partial charge in [-0.15, -0.1) is 0 Å². The van der Waals surface area contributed by atoms with E-state index in [2.05, 4.69) is 17.2 Å². The van der Waals surface area contributed by atoms with Gasteiger partial charge in [0.05, 0.1) is 11.7 Å². The van der Waals surface area contributed by atoms with E-state index in [1.54, 1.807) is 24.4 Å². The minimum Gasteiger partial charge on any atom is -0.370 e. The SMILES string of the molecule is Cc1ccc(C(=O)N2CCC3(CC[C@H](CNC(=O)c4ccccn4)O3)CC2)cc1C. The van der Waals surface area contributed by atoms with Crippen LogP contribution < -0.4 is 5.32 Å². The summed E-state index contributed by atoms with van der Waals surface area (Å²) in [5.41, 5.74) is 3.36. The number of aromatic nitrogens is 1. The van der Waals surface area contributed by atoms with E-state index in [0.29, 0.717) is 25.3 Å². The number of piperidine rings is 1. The molecule has 0 radical (unpaired) electrons. The third-order valence-corrected chi connectivity index (χ3v) is 6.44. The van der Waals surface area contributed by atoms with E-state index in [1.165, 1.54) is 5.56 Å². The molecule has 1 aromatic carbocycles. The van der Waals surface area contributed by atoms with Gasteiger partial charge in [-0.2, -0.15) is 0 Å². The first-order valence-electron chi connectivity index (χ1n) is 10.7. The highest BCUT2D eigenvalue weighted by atomic mass is 16.5. The molecular formula is C24H29N3O3. The van der Waals surface area contributed by atoms with Crippen LogP contribution in [-0.4, -0.2) is 53.0 Å². The van der Waals surface area contributed by atoms with Crippen molar-refractivity contribution in [3.8, 4) is 0 Å². The van der Waals surface area contributed by atoms with E-state index in [1.807, 2.05) is 30.0 Å². The molecule has 30 heavy (non-hydrogen) atoms. The number of rotatable bonds is 4. The number of hydrogen-bond acceptors (Lipinski definition) is 4. The first kappa shape index (κ1) is 20.5. The Morgan fingerprint density at radius 3 is 2.63 bits per heavy atom. The van der Waals surface area contributed by atoms with Crippen molar-refractivity contribution in [1.29, 1.82) is 0 Å².